The van der Waals surface area contributed by atoms with Crippen LogP contribution in [-0.4, -0.2) is 55.8 Å². The highest BCUT2D eigenvalue weighted by molar-refractivity contribution is 7.86. The van der Waals surface area contributed by atoms with Crippen LogP contribution in [0.1, 0.15) is 40.5 Å². The predicted molar refractivity (Wildman–Crippen MR) is 75.0 cm³/mol. The van der Waals surface area contributed by atoms with E-state index in [0.717, 1.165) is 17.1 Å². The van der Waals surface area contributed by atoms with Crippen LogP contribution >= 0.6 is 0 Å². The van der Waals surface area contributed by atoms with Crippen molar-refractivity contribution in [1.82, 2.24) is 8.61 Å². The molecule has 6 nitrogen and oxygen atoms in total. The normalized spacial score (nSPS) is 12.1. The van der Waals surface area contributed by atoms with Crippen LogP contribution < -0.4 is 0 Å². The highest BCUT2D eigenvalue weighted by Crippen LogP contribution is 2.10. The summed E-state index contributed by atoms with van der Waals surface area (Å²) in [5.41, 5.74) is 0. The Balaban J connectivity index is 4.92. The average molecular weight is 294 g/mol. The lowest BCUT2D eigenvalue weighted by molar-refractivity contribution is -0.143. The summed E-state index contributed by atoms with van der Waals surface area (Å²) in [6.45, 7) is 8.49. The first kappa shape index (κ1) is 18.3. The van der Waals surface area contributed by atoms with Crippen molar-refractivity contribution in [3.05, 3.63) is 0 Å². The number of rotatable bonds is 10. The van der Waals surface area contributed by atoms with Gasteiger partial charge in [0.2, 0.25) is 0 Å². The number of esters is 1. The SMILES string of the molecule is CCCN(CCC)S(=O)(=O)N(CC)CC(=O)OCC. The minimum Gasteiger partial charge on any atom is -0.465 e. The van der Waals surface area contributed by atoms with E-state index < -0.39 is 16.2 Å². The second-order valence-electron chi connectivity index (χ2n) is 4.14. The molecule has 0 aromatic heterocycles. The van der Waals surface area contributed by atoms with E-state index in [2.05, 4.69) is 0 Å². The van der Waals surface area contributed by atoms with Crippen LogP contribution in [0.4, 0.5) is 0 Å². The highest BCUT2D eigenvalue weighted by atomic mass is 32.2. The van der Waals surface area contributed by atoms with Crippen molar-refractivity contribution < 1.29 is 17.9 Å². The number of hydrogen-bond donors (Lipinski definition) is 0. The second kappa shape index (κ2) is 9.28. The molecule has 0 aliphatic heterocycles. The molecule has 0 heterocycles. The topological polar surface area (TPSA) is 66.9 Å². The largest absolute Gasteiger partial charge is 0.465 e. The number of ether oxygens (including phenoxy) is 1. The van der Waals surface area contributed by atoms with Gasteiger partial charge in [0, 0.05) is 19.6 Å². The molecule has 0 saturated carbocycles. The Morgan fingerprint density at radius 1 is 1.00 bits per heavy atom. The van der Waals surface area contributed by atoms with Gasteiger partial charge in [0.05, 0.1) is 6.61 Å². The predicted octanol–water partition coefficient (Wildman–Crippen LogP) is 1.24. The summed E-state index contributed by atoms with van der Waals surface area (Å²) in [7, 11) is -3.59. The fraction of sp³-hybridized carbons (Fsp3) is 0.917. The summed E-state index contributed by atoms with van der Waals surface area (Å²) >= 11 is 0. The molecule has 0 amide bonds. The summed E-state index contributed by atoms with van der Waals surface area (Å²) in [5, 5.41) is 0. The van der Waals surface area contributed by atoms with Gasteiger partial charge in [-0.05, 0) is 19.8 Å². The van der Waals surface area contributed by atoms with Gasteiger partial charge in [-0.2, -0.15) is 17.0 Å². The van der Waals surface area contributed by atoms with Crippen LogP contribution in [0, 0.1) is 0 Å². The number of carbonyl (C=O) groups is 1. The molecule has 0 saturated heterocycles. The maximum Gasteiger partial charge on any atom is 0.321 e. The molecule has 7 heteroatoms. The van der Waals surface area contributed by atoms with Crippen LogP contribution in [0.25, 0.3) is 0 Å². The molecule has 0 spiro atoms. The summed E-state index contributed by atoms with van der Waals surface area (Å²) < 4.78 is 32.2. The van der Waals surface area contributed by atoms with Gasteiger partial charge in [0.15, 0.2) is 0 Å². The third kappa shape index (κ3) is 5.88. The zero-order valence-corrected chi connectivity index (χ0v) is 13.2. The van der Waals surface area contributed by atoms with E-state index in [1.807, 2.05) is 13.8 Å². The van der Waals surface area contributed by atoms with E-state index in [1.165, 1.54) is 4.31 Å². The summed E-state index contributed by atoms with van der Waals surface area (Å²) in [6, 6.07) is 0. The Morgan fingerprint density at radius 3 is 1.89 bits per heavy atom. The fourth-order valence-corrected chi connectivity index (χ4v) is 3.46. The number of carbonyl (C=O) groups excluding carboxylic acids is 1. The van der Waals surface area contributed by atoms with Crippen molar-refractivity contribution in [1.29, 1.82) is 0 Å². The molecule has 0 rings (SSSR count). The molecule has 0 atom stereocenters. The van der Waals surface area contributed by atoms with Gasteiger partial charge in [-0.1, -0.05) is 20.8 Å². The van der Waals surface area contributed by atoms with Crippen molar-refractivity contribution in [3.63, 3.8) is 0 Å². The quantitative estimate of drug-likeness (QED) is 0.569. The lowest BCUT2D eigenvalue weighted by Crippen LogP contribution is -2.46. The molecule has 0 aromatic rings. The minimum atomic E-state index is -3.59. The number of hydrogen-bond acceptors (Lipinski definition) is 4. The molecule has 0 aliphatic rings. The smallest absolute Gasteiger partial charge is 0.321 e. The Morgan fingerprint density at radius 2 is 1.53 bits per heavy atom. The molecule has 0 unspecified atom stereocenters. The lowest BCUT2D eigenvalue weighted by Gasteiger charge is -2.28. The van der Waals surface area contributed by atoms with Crippen molar-refractivity contribution in [3.8, 4) is 0 Å². The van der Waals surface area contributed by atoms with Crippen molar-refractivity contribution >= 4 is 16.2 Å². The number of nitrogens with zero attached hydrogens (tertiary/aromatic N) is 2. The second-order valence-corrected chi connectivity index (χ2v) is 6.07. The summed E-state index contributed by atoms with van der Waals surface area (Å²) in [4.78, 5) is 11.5. The zero-order valence-electron chi connectivity index (χ0n) is 12.4. The Kier molecular flexibility index (Phi) is 8.95. The molecule has 0 radical (unpaired) electrons. The highest BCUT2D eigenvalue weighted by Gasteiger charge is 2.29. The molecule has 0 aliphatic carbocycles. The van der Waals surface area contributed by atoms with Crippen LogP contribution in [-0.2, 0) is 19.7 Å². The maximum absolute atomic E-state index is 12.4. The third-order valence-electron chi connectivity index (χ3n) is 2.56. The Bertz CT molecular complexity index is 351. The van der Waals surface area contributed by atoms with E-state index in [9.17, 15) is 13.2 Å². The molecule has 0 aromatic carbocycles. The molecule has 0 bridgehead atoms. The van der Waals surface area contributed by atoms with Gasteiger partial charge in [0.1, 0.15) is 6.54 Å². The van der Waals surface area contributed by atoms with Crippen molar-refractivity contribution in [2.24, 2.45) is 0 Å². The van der Waals surface area contributed by atoms with Crippen molar-refractivity contribution in [2.75, 3.05) is 32.8 Å². The first-order chi connectivity index (χ1) is 8.93. The van der Waals surface area contributed by atoms with Crippen LogP contribution in [0.3, 0.4) is 0 Å². The molecule has 19 heavy (non-hydrogen) atoms. The average Bonchev–Trinajstić information content (AvgIpc) is 2.35. The zero-order chi connectivity index (χ0) is 14.9. The molecule has 0 N–H and O–H groups in total. The monoisotopic (exact) mass is 294 g/mol. The van der Waals surface area contributed by atoms with Gasteiger partial charge in [-0.15, -0.1) is 0 Å². The summed E-state index contributed by atoms with van der Waals surface area (Å²) in [5.74, 6) is -0.513. The third-order valence-corrected chi connectivity index (χ3v) is 4.62. The van der Waals surface area contributed by atoms with E-state index in [0.29, 0.717) is 13.1 Å². The first-order valence-corrected chi connectivity index (χ1v) is 8.24. The van der Waals surface area contributed by atoms with Crippen LogP contribution in [0.15, 0.2) is 0 Å². The van der Waals surface area contributed by atoms with Gasteiger partial charge in [-0.25, -0.2) is 0 Å². The van der Waals surface area contributed by atoms with E-state index >= 15 is 0 Å². The van der Waals surface area contributed by atoms with Gasteiger partial charge >= 0.3 is 5.97 Å². The van der Waals surface area contributed by atoms with Crippen LogP contribution in [0.5, 0.6) is 0 Å². The van der Waals surface area contributed by atoms with E-state index in [1.54, 1.807) is 13.8 Å². The Hall–Kier alpha value is -0.660. The van der Waals surface area contributed by atoms with E-state index in [4.69, 9.17) is 4.74 Å². The van der Waals surface area contributed by atoms with Gasteiger partial charge in [0.25, 0.3) is 10.2 Å². The molecular weight excluding hydrogens is 268 g/mol. The first-order valence-electron chi connectivity index (χ1n) is 6.84. The van der Waals surface area contributed by atoms with Crippen LogP contribution in [0.2, 0.25) is 0 Å². The van der Waals surface area contributed by atoms with Gasteiger partial charge < -0.3 is 4.74 Å². The standard InChI is InChI=1S/C12H26N2O4S/c1-5-9-14(10-6-2)19(16,17)13(7-3)11-12(15)18-8-4/h5-11H2,1-4H3. The Labute approximate surface area is 116 Å². The van der Waals surface area contributed by atoms with Gasteiger partial charge in [-0.3, -0.25) is 4.79 Å². The van der Waals surface area contributed by atoms with E-state index in [-0.39, 0.29) is 19.7 Å². The molecular formula is C12H26N2O4S. The van der Waals surface area contributed by atoms with Crippen molar-refractivity contribution in [2.45, 2.75) is 40.5 Å². The fourth-order valence-electron chi connectivity index (χ4n) is 1.71. The maximum atomic E-state index is 12.4. The minimum absolute atomic E-state index is 0.226. The lowest BCUT2D eigenvalue weighted by atomic mass is 10.4. The summed E-state index contributed by atoms with van der Waals surface area (Å²) in [6.07, 6.45) is 1.49. The molecule has 0 fully saturated rings. The molecule has 114 valence electrons. The number of likely N-dealkylation sites (N-methyl/N-ethyl adjacent to an activating group) is 1.